The van der Waals surface area contributed by atoms with Crippen LogP contribution in [0, 0.1) is 0 Å². The molecule has 108 valence electrons. The van der Waals surface area contributed by atoms with Gasteiger partial charge in [0.1, 0.15) is 5.66 Å². The fraction of sp³-hybridized carbons (Fsp3) is 0.615. The van der Waals surface area contributed by atoms with Crippen molar-refractivity contribution in [2.45, 2.75) is 37.8 Å². The van der Waals surface area contributed by atoms with Crippen molar-refractivity contribution in [2.75, 3.05) is 14.1 Å². The SMILES string of the molecule is C=CN=CC(C)(NC)N(C)C1=C(S)CCCC1(F)F. The first kappa shape index (κ1) is 16.2. The summed E-state index contributed by atoms with van der Waals surface area (Å²) in [6.45, 7) is 5.27. The fourth-order valence-electron chi connectivity index (χ4n) is 2.11. The standard InChI is InChI=1S/C13H21F2N3S/c1-5-17-9-12(2,16-3)18(4)11-10(19)7-6-8-13(11,14)15/h5,9,16,19H,1,6-8H2,2-4H3. The van der Waals surface area contributed by atoms with Crippen LogP contribution in [-0.2, 0) is 0 Å². The maximum Gasteiger partial charge on any atom is 0.288 e. The summed E-state index contributed by atoms with van der Waals surface area (Å²) in [5.74, 6) is -2.86. The fourth-order valence-corrected chi connectivity index (χ4v) is 2.59. The van der Waals surface area contributed by atoms with E-state index in [0.717, 1.165) is 0 Å². The van der Waals surface area contributed by atoms with Gasteiger partial charge in [-0.3, -0.25) is 10.3 Å². The molecule has 0 aromatic carbocycles. The number of hydrogen-bond acceptors (Lipinski definition) is 4. The average molecular weight is 289 g/mol. The number of alkyl halides is 2. The van der Waals surface area contributed by atoms with Gasteiger partial charge in [-0.1, -0.05) is 6.58 Å². The number of nitrogens with zero attached hydrogens (tertiary/aromatic N) is 2. The summed E-state index contributed by atoms with van der Waals surface area (Å²) in [6.07, 6.45) is 3.82. The van der Waals surface area contributed by atoms with Crippen LogP contribution < -0.4 is 5.32 Å². The molecule has 0 aromatic heterocycles. The number of nitrogens with one attached hydrogen (secondary N) is 1. The molecule has 0 amide bonds. The average Bonchev–Trinajstić information content (AvgIpc) is 2.34. The number of halogens is 2. The highest BCUT2D eigenvalue weighted by atomic mass is 32.1. The Morgan fingerprint density at radius 3 is 2.68 bits per heavy atom. The van der Waals surface area contributed by atoms with Gasteiger partial charge in [0.15, 0.2) is 0 Å². The van der Waals surface area contributed by atoms with E-state index in [2.05, 4.69) is 29.5 Å². The van der Waals surface area contributed by atoms with Crippen LogP contribution >= 0.6 is 12.6 Å². The summed E-state index contributed by atoms with van der Waals surface area (Å²) in [5.41, 5.74) is -0.854. The van der Waals surface area contributed by atoms with Gasteiger partial charge in [-0.2, -0.15) is 8.78 Å². The maximum absolute atomic E-state index is 14.1. The first-order valence-electron chi connectivity index (χ1n) is 6.17. The highest BCUT2D eigenvalue weighted by Crippen LogP contribution is 2.42. The number of hydrogen-bond donors (Lipinski definition) is 2. The van der Waals surface area contributed by atoms with Crippen molar-refractivity contribution in [1.29, 1.82) is 0 Å². The zero-order valence-corrected chi connectivity index (χ0v) is 12.5. The molecule has 0 bridgehead atoms. The van der Waals surface area contributed by atoms with Gasteiger partial charge < -0.3 is 4.90 Å². The van der Waals surface area contributed by atoms with Crippen molar-refractivity contribution >= 4 is 18.8 Å². The van der Waals surface area contributed by atoms with E-state index in [0.29, 0.717) is 17.7 Å². The van der Waals surface area contributed by atoms with Crippen LogP contribution in [0.5, 0.6) is 0 Å². The largest absolute Gasteiger partial charge is 0.350 e. The van der Waals surface area contributed by atoms with E-state index in [1.54, 1.807) is 27.2 Å². The molecular weight excluding hydrogens is 268 g/mol. The highest BCUT2D eigenvalue weighted by Gasteiger charge is 2.44. The predicted molar refractivity (Wildman–Crippen MR) is 78.7 cm³/mol. The minimum Gasteiger partial charge on any atom is -0.350 e. The van der Waals surface area contributed by atoms with Crippen LogP contribution in [-0.4, -0.2) is 36.8 Å². The summed E-state index contributed by atoms with van der Waals surface area (Å²) in [5, 5.41) is 3.00. The Labute approximate surface area is 118 Å². The Bertz CT molecular complexity index is 407. The smallest absolute Gasteiger partial charge is 0.288 e. The normalized spacial score (nSPS) is 22.4. The van der Waals surface area contributed by atoms with Crippen molar-refractivity contribution < 1.29 is 8.78 Å². The molecular formula is C13H21F2N3S. The van der Waals surface area contributed by atoms with Gasteiger partial charge in [-0.15, -0.1) is 12.6 Å². The molecule has 0 aromatic rings. The molecule has 1 unspecified atom stereocenters. The molecule has 1 N–H and O–H groups in total. The molecule has 3 nitrogen and oxygen atoms in total. The van der Waals surface area contributed by atoms with E-state index >= 15 is 0 Å². The lowest BCUT2D eigenvalue weighted by molar-refractivity contribution is -0.0140. The number of aliphatic imine (C=N–C) groups is 1. The summed E-state index contributed by atoms with van der Waals surface area (Å²) in [6, 6.07) is 0. The third kappa shape index (κ3) is 3.36. The Kier molecular flexibility index (Phi) is 5.15. The molecule has 0 radical (unpaired) electrons. The Balaban J connectivity index is 3.18. The second-order valence-corrected chi connectivity index (χ2v) is 5.31. The lowest BCUT2D eigenvalue weighted by Crippen LogP contribution is -2.57. The molecule has 0 saturated heterocycles. The van der Waals surface area contributed by atoms with Crippen molar-refractivity contribution in [3.8, 4) is 0 Å². The molecule has 6 heteroatoms. The predicted octanol–water partition coefficient (Wildman–Crippen LogP) is 3.03. The Morgan fingerprint density at radius 1 is 1.58 bits per heavy atom. The number of thiol groups is 1. The molecule has 19 heavy (non-hydrogen) atoms. The van der Waals surface area contributed by atoms with E-state index < -0.39 is 11.6 Å². The van der Waals surface area contributed by atoms with E-state index in [9.17, 15) is 8.78 Å². The van der Waals surface area contributed by atoms with Crippen molar-refractivity contribution in [2.24, 2.45) is 4.99 Å². The van der Waals surface area contributed by atoms with Crippen LogP contribution in [0.1, 0.15) is 26.2 Å². The summed E-state index contributed by atoms with van der Waals surface area (Å²) in [4.78, 5) is 5.88. The second-order valence-electron chi connectivity index (χ2n) is 4.77. The van der Waals surface area contributed by atoms with E-state index in [-0.39, 0.29) is 12.1 Å². The van der Waals surface area contributed by atoms with E-state index in [1.165, 1.54) is 11.1 Å². The Morgan fingerprint density at radius 2 is 2.21 bits per heavy atom. The maximum atomic E-state index is 14.1. The van der Waals surface area contributed by atoms with E-state index in [1.807, 2.05) is 0 Å². The zero-order chi connectivity index (χ0) is 14.7. The molecule has 0 aliphatic heterocycles. The molecule has 1 aliphatic rings. The van der Waals surface area contributed by atoms with Gasteiger partial charge in [0.25, 0.3) is 5.92 Å². The second kappa shape index (κ2) is 6.05. The first-order chi connectivity index (χ1) is 8.78. The van der Waals surface area contributed by atoms with Gasteiger partial charge in [-0.05, 0) is 26.8 Å². The van der Waals surface area contributed by atoms with E-state index in [4.69, 9.17) is 0 Å². The van der Waals surface area contributed by atoms with Crippen LogP contribution in [0.4, 0.5) is 8.78 Å². The van der Waals surface area contributed by atoms with Crippen LogP contribution in [0.2, 0.25) is 0 Å². The molecule has 0 saturated carbocycles. The molecule has 0 fully saturated rings. The summed E-state index contributed by atoms with van der Waals surface area (Å²) < 4.78 is 28.2. The number of allylic oxidation sites excluding steroid dienone is 2. The van der Waals surface area contributed by atoms with Gasteiger partial charge in [0.05, 0.1) is 5.70 Å². The summed E-state index contributed by atoms with van der Waals surface area (Å²) >= 11 is 4.24. The lowest BCUT2D eigenvalue weighted by atomic mass is 9.97. The third-order valence-electron chi connectivity index (χ3n) is 3.49. The van der Waals surface area contributed by atoms with Crippen molar-refractivity contribution in [3.63, 3.8) is 0 Å². The van der Waals surface area contributed by atoms with Crippen LogP contribution in [0.25, 0.3) is 0 Å². The minimum absolute atomic E-state index is 0.0329. The monoisotopic (exact) mass is 289 g/mol. The van der Waals surface area contributed by atoms with Gasteiger partial charge in [-0.25, -0.2) is 0 Å². The van der Waals surface area contributed by atoms with Crippen LogP contribution in [0.15, 0.2) is 28.4 Å². The van der Waals surface area contributed by atoms with Crippen molar-refractivity contribution in [1.82, 2.24) is 10.2 Å². The first-order valence-corrected chi connectivity index (χ1v) is 6.61. The van der Waals surface area contributed by atoms with Crippen LogP contribution in [0.3, 0.4) is 0 Å². The molecule has 1 atom stereocenters. The Hall–Kier alpha value is -0.880. The summed E-state index contributed by atoms with van der Waals surface area (Å²) in [7, 11) is 3.32. The lowest BCUT2D eigenvalue weighted by Gasteiger charge is -2.43. The van der Waals surface area contributed by atoms with Gasteiger partial charge in [0, 0.05) is 30.8 Å². The number of rotatable bonds is 5. The quantitative estimate of drug-likeness (QED) is 0.462. The van der Waals surface area contributed by atoms with Gasteiger partial charge >= 0.3 is 0 Å². The molecule has 0 heterocycles. The highest BCUT2D eigenvalue weighted by molar-refractivity contribution is 7.84. The van der Waals surface area contributed by atoms with Gasteiger partial charge in [0.2, 0.25) is 0 Å². The molecule has 1 aliphatic carbocycles. The third-order valence-corrected chi connectivity index (χ3v) is 3.93. The topological polar surface area (TPSA) is 27.6 Å². The minimum atomic E-state index is -2.86. The zero-order valence-electron chi connectivity index (χ0n) is 11.6. The molecule has 0 spiro atoms. The van der Waals surface area contributed by atoms with Crippen molar-refractivity contribution in [3.05, 3.63) is 23.4 Å². The molecule has 1 rings (SSSR count).